The van der Waals surface area contributed by atoms with Gasteiger partial charge in [0.05, 0.1) is 10.6 Å². The average molecular weight is 407 g/mol. The fourth-order valence-corrected chi connectivity index (χ4v) is 3.26. The Morgan fingerprint density at radius 2 is 1.74 bits per heavy atom. The van der Waals surface area contributed by atoms with Crippen LogP contribution >= 0.6 is 23.2 Å². The minimum absolute atomic E-state index is 0.102. The van der Waals surface area contributed by atoms with E-state index in [0.717, 1.165) is 5.56 Å². The Morgan fingerprint density at radius 1 is 1.00 bits per heavy atom. The maximum absolute atomic E-state index is 12.7. The Kier molecular flexibility index (Phi) is 6.53. The zero-order valence-electron chi connectivity index (χ0n) is 14.7. The van der Waals surface area contributed by atoms with Gasteiger partial charge in [0.1, 0.15) is 5.15 Å². The molecule has 0 spiro atoms. The van der Waals surface area contributed by atoms with Crippen LogP contribution in [0.2, 0.25) is 10.2 Å². The summed E-state index contributed by atoms with van der Waals surface area (Å²) in [6.45, 7) is 2.51. The standard InChI is InChI=1S/C19H20Cl2N4O2/c20-16-5-2-1-4-15(16)18(26)24-8-3-9-25(11-10-24)19(27)23-13-14-6-7-17(21)22-12-14/h1-2,4-7,12H,3,8-11,13H2,(H,23,27). The third kappa shape index (κ3) is 5.11. The molecule has 142 valence electrons. The number of halogens is 2. The lowest BCUT2D eigenvalue weighted by Crippen LogP contribution is -2.42. The van der Waals surface area contributed by atoms with Crippen molar-refractivity contribution < 1.29 is 9.59 Å². The van der Waals surface area contributed by atoms with Gasteiger partial charge in [-0.2, -0.15) is 0 Å². The summed E-state index contributed by atoms with van der Waals surface area (Å²) in [7, 11) is 0. The van der Waals surface area contributed by atoms with Crippen molar-refractivity contribution in [3.8, 4) is 0 Å². The van der Waals surface area contributed by atoms with E-state index < -0.39 is 0 Å². The van der Waals surface area contributed by atoms with Crippen LogP contribution in [0.5, 0.6) is 0 Å². The number of pyridine rings is 1. The van der Waals surface area contributed by atoms with E-state index >= 15 is 0 Å². The summed E-state index contributed by atoms with van der Waals surface area (Å²) in [6.07, 6.45) is 2.35. The Morgan fingerprint density at radius 3 is 2.48 bits per heavy atom. The van der Waals surface area contributed by atoms with Crippen LogP contribution in [0.15, 0.2) is 42.6 Å². The molecular formula is C19H20Cl2N4O2. The van der Waals surface area contributed by atoms with E-state index in [4.69, 9.17) is 23.2 Å². The molecule has 0 saturated carbocycles. The van der Waals surface area contributed by atoms with Gasteiger partial charge in [0.2, 0.25) is 0 Å². The monoisotopic (exact) mass is 406 g/mol. The quantitative estimate of drug-likeness (QED) is 0.793. The molecule has 3 rings (SSSR count). The fourth-order valence-electron chi connectivity index (χ4n) is 2.93. The van der Waals surface area contributed by atoms with Gasteiger partial charge in [0, 0.05) is 38.9 Å². The highest BCUT2D eigenvalue weighted by Gasteiger charge is 2.23. The fraction of sp³-hybridized carbons (Fsp3) is 0.316. The van der Waals surface area contributed by atoms with Gasteiger partial charge in [0.25, 0.3) is 5.91 Å². The maximum Gasteiger partial charge on any atom is 0.317 e. The Labute approximate surface area is 168 Å². The predicted octanol–water partition coefficient (Wildman–Crippen LogP) is 3.45. The normalized spacial score (nSPS) is 14.6. The van der Waals surface area contributed by atoms with Crippen LogP contribution in [-0.2, 0) is 6.54 Å². The molecule has 1 aliphatic heterocycles. The first kappa shape index (κ1) is 19.5. The molecule has 6 nitrogen and oxygen atoms in total. The summed E-state index contributed by atoms with van der Waals surface area (Å²) in [5.74, 6) is -0.102. The number of nitrogens with zero attached hydrogens (tertiary/aromatic N) is 3. The molecule has 27 heavy (non-hydrogen) atoms. The Balaban J connectivity index is 1.54. The predicted molar refractivity (Wildman–Crippen MR) is 105 cm³/mol. The van der Waals surface area contributed by atoms with Gasteiger partial charge in [-0.3, -0.25) is 4.79 Å². The number of urea groups is 1. The molecule has 8 heteroatoms. The van der Waals surface area contributed by atoms with Crippen molar-refractivity contribution in [3.05, 3.63) is 63.9 Å². The van der Waals surface area contributed by atoms with Gasteiger partial charge in [-0.05, 0) is 30.2 Å². The highest BCUT2D eigenvalue weighted by atomic mass is 35.5. The van der Waals surface area contributed by atoms with Crippen LogP contribution in [0.3, 0.4) is 0 Å². The molecule has 1 aliphatic rings. The van der Waals surface area contributed by atoms with Gasteiger partial charge in [-0.1, -0.05) is 41.4 Å². The van der Waals surface area contributed by atoms with E-state index in [1.807, 2.05) is 6.07 Å². The van der Waals surface area contributed by atoms with Gasteiger partial charge in [-0.15, -0.1) is 0 Å². The average Bonchev–Trinajstić information content (AvgIpc) is 2.93. The molecule has 3 amide bonds. The lowest BCUT2D eigenvalue weighted by atomic mass is 10.2. The summed E-state index contributed by atoms with van der Waals surface area (Å²) in [6, 6.07) is 10.4. The number of hydrogen-bond donors (Lipinski definition) is 1. The number of carbonyl (C=O) groups excluding carboxylic acids is 2. The molecule has 1 N–H and O–H groups in total. The largest absolute Gasteiger partial charge is 0.337 e. The van der Waals surface area contributed by atoms with Gasteiger partial charge < -0.3 is 15.1 Å². The lowest BCUT2D eigenvalue weighted by molar-refractivity contribution is 0.0762. The molecule has 1 fully saturated rings. The van der Waals surface area contributed by atoms with Gasteiger partial charge in [-0.25, -0.2) is 9.78 Å². The van der Waals surface area contributed by atoms with E-state index in [1.54, 1.807) is 46.3 Å². The second-order valence-electron chi connectivity index (χ2n) is 6.26. The van der Waals surface area contributed by atoms with E-state index in [2.05, 4.69) is 10.3 Å². The number of aromatic nitrogens is 1. The summed E-state index contributed by atoms with van der Waals surface area (Å²) in [5, 5.41) is 3.74. The molecule has 0 radical (unpaired) electrons. The first-order valence-corrected chi connectivity index (χ1v) is 9.47. The molecule has 2 aromatic rings. The molecule has 0 unspecified atom stereocenters. The summed E-state index contributed by atoms with van der Waals surface area (Å²) < 4.78 is 0. The van der Waals surface area contributed by atoms with Crippen molar-refractivity contribution in [2.45, 2.75) is 13.0 Å². The molecule has 1 saturated heterocycles. The van der Waals surface area contributed by atoms with Crippen molar-refractivity contribution in [2.24, 2.45) is 0 Å². The topological polar surface area (TPSA) is 65.5 Å². The highest BCUT2D eigenvalue weighted by molar-refractivity contribution is 6.33. The first-order chi connectivity index (χ1) is 13.0. The molecule has 2 heterocycles. The second kappa shape index (κ2) is 9.06. The van der Waals surface area contributed by atoms with Crippen LogP contribution in [-0.4, -0.2) is 52.9 Å². The zero-order chi connectivity index (χ0) is 19.2. The molecule has 1 aromatic carbocycles. The lowest BCUT2D eigenvalue weighted by Gasteiger charge is -2.23. The number of amides is 3. The van der Waals surface area contributed by atoms with Crippen molar-refractivity contribution in [3.63, 3.8) is 0 Å². The van der Waals surface area contributed by atoms with E-state index in [-0.39, 0.29) is 11.9 Å². The van der Waals surface area contributed by atoms with E-state index in [9.17, 15) is 9.59 Å². The van der Waals surface area contributed by atoms with Crippen molar-refractivity contribution in [2.75, 3.05) is 26.2 Å². The molecular weight excluding hydrogens is 387 g/mol. The van der Waals surface area contributed by atoms with Crippen LogP contribution in [0.4, 0.5) is 4.79 Å². The van der Waals surface area contributed by atoms with Crippen LogP contribution in [0.1, 0.15) is 22.3 Å². The third-order valence-electron chi connectivity index (χ3n) is 4.41. The first-order valence-electron chi connectivity index (χ1n) is 8.71. The number of benzene rings is 1. The van der Waals surface area contributed by atoms with Crippen LogP contribution in [0.25, 0.3) is 0 Å². The van der Waals surface area contributed by atoms with E-state index in [0.29, 0.717) is 54.9 Å². The van der Waals surface area contributed by atoms with Gasteiger partial charge >= 0.3 is 6.03 Å². The third-order valence-corrected chi connectivity index (χ3v) is 4.96. The van der Waals surface area contributed by atoms with Crippen LogP contribution in [0, 0.1) is 0 Å². The summed E-state index contributed by atoms with van der Waals surface area (Å²) in [5.41, 5.74) is 1.37. The molecule has 0 bridgehead atoms. The number of carbonyl (C=O) groups is 2. The van der Waals surface area contributed by atoms with Crippen molar-refractivity contribution >= 4 is 35.1 Å². The van der Waals surface area contributed by atoms with Crippen LogP contribution < -0.4 is 5.32 Å². The smallest absolute Gasteiger partial charge is 0.317 e. The van der Waals surface area contributed by atoms with Crippen molar-refractivity contribution in [1.82, 2.24) is 20.1 Å². The van der Waals surface area contributed by atoms with E-state index in [1.165, 1.54) is 0 Å². The Hall–Kier alpha value is -2.31. The Bertz CT molecular complexity index is 814. The highest BCUT2D eigenvalue weighted by Crippen LogP contribution is 2.18. The molecule has 1 aromatic heterocycles. The minimum Gasteiger partial charge on any atom is -0.337 e. The summed E-state index contributed by atoms with van der Waals surface area (Å²) in [4.78, 5) is 32.6. The summed E-state index contributed by atoms with van der Waals surface area (Å²) >= 11 is 11.9. The number of rotatable bonds is 3. The molecule has 0 aliphatic carbocycles. The second-order valence-corrected chi connectivity index (χ2v) is 7.05. The number of hydrogen-bond acceptors (Lipinski definition) is 3. The van der Waals surface area contributed by atoms with Crippen molar-refractivity contribution in [1.29, 1.82) is 0 Å². The minimum atomic E-state index is -0.156. The maximum atomic E-state index is 12.7. The zero-order valence-corrected chi connectivity index (χ0v) is 16.2. The number of nitrogens with one attached hydrogen (secondary N) is 1. The molecule has 0 atom stereocenters. The van der Waals surface area contributed by atoms with Gasteiger partial charge in [0.15, 0.2) is 0 Å². The SMILES string of the molecule is O=C(NCc1ccc(Cl)nc1)N1CCCN(C(=O)c2ccccc2Cl)CC1.